The second-order valence-corrected chi connectivity index (χ2v) is 5.32. The van der Waals surface area contributed by atoms with Crippen LogP contribution in [0.2, 0.25) is 0 Å². The van der Waals surface area contributed by atoms with Gasteiger partial charge in [0.2, 0.25) is 0 Å². The Hall–Kier alpha value is -3.18. The van der Waals surface area contributed by atoms with Crippen LogP contribution in [-0.4, -0.2) is 35.8 Å². The first kappa shape index (κ1) is 34.4. The summed E-state index contributed by atoms with van der Waals surface area (Å²) in [6, 6.07) is 4.48. The minimum atomic E-state index is -1.68. The number of hydrogen-bond donors (Lipinski definition) is 0. The van der Waals surface area contributed by atoms with Crippen LogP contribution in [0.3, 0.4) is 0 Å². The van der Waals surface area contributed by atoms with E-state index in [0.29, 0.717) is 0 Å². The Labute approximate surface area is 215 Å². The Morgan fingerprint density at radius 3 is 0.485 bits per heavy atom. The number of hydrogen-bond acceptors (Lipinski definition) is 12. The van der Waals surface area contributed by atoms with Crippen molar-refractivity contribution in [2.24, 2.45) is 0 Å². The molecule has 0 aliphatic heterocycles. The van der Waals surface area contributed by atoms with Gasteiger partial charge in [0.15, 0.2) is 0 Å². The fourth-order valence-electron chi connectivity index (χ4n) is 1.96. The third kappa shape index (κ3) is 10.3. The van der Waals surface area contributed by atoms with Gasteiger partial charge in [-0.05, 0) is 69.8 Å². The molecule has 0 heterocycles. The van der Waals surface area contributed by atoms with E-state index in [1.807, 2.05) is 0 Å². The van der Waals surface area contributed by atoms with Crippen molar-refractivity contribution >= 4 is 35.8 Å². The average molecular weight is 582 g/mol. The molecule has 0 atom stereocenters. The summed E-state index contributed by atoms with van der Waals surface area (Å²) in [7, 11) is 0. The summed E-state index contributed by atoms with van der Waals surface area (Å²) < 4.78 is 0. The maximum Gasteiger partial charge on any atom is 2.00 e. The van der Waals surface area contributed by atoms with Gasteiger partial charge in [-0.25, -0.2) is 0 Å². The van der Waals surface area contributed by atoms with Crippen LogP contribution in [0.15, 0.2) is 36.4 Å². The van der Waals surface area contributed by atoms with Gasteiger partial charge >= 0.3 is 51.2 Å². The molecule has 0 aromatic heterocycles. The summed E-state index contributed by atoms with van der Waals surface area (Å²) in [5.41, 5.74) is -3.36. The first-order valence-electron chi connectivity index (χ1n) is 7.41. The Morgan fingerprint density at radius 2 is 0.424 bits per heavy atom. The van der Waals surface area contributed by atoms with Crippen molar-refractivity contribution in [1.29, 1.82) is 0 Å². The second-order valence-electron chi connectivity index (χ2n) is 5.32. The normalized spacial score (nSPS) is 8.73. The third-order valence-corrected chi connectivity index (χ3v) is 3.28. The molecule has 0 aliphatic carbocycles. The van der Waals surface area contributed by atoms with Gasteiger partial charge < -0.3 is 59.4 Å². The van der Waals surface area contributed by atoms with Crippen molar-refractivity contribution in [2.75, 3.05) is 0 Å². The molecular formula is C18H6Fe3O12. The Morgan fingerprint density at radius 1 is 0.333 bits per heavy atom. The van der Waals surface area contributed by atoms with E-state index >= 15 is 0 Å². The van der Waals surface area contributed by atoms with Gasteiger partial charge in [0.25, 0.3) is 0 Å². The predicted octanol–water partition coefficient (Wildman–Crippen LogP) is -6.45. The zero-order chi connectivity index (χ0) is 23.2. The van der Waals surface area contributed by atoms with Gasteiger partial charge in [-0.2, -0.15) is 0 Å². The number of carbonyl (C=O) groups excluding carboxylic acids is 6. The maximum absolute atomic E-state index is 10.4. The zero-order valence-corrected chi connectivity index (χ0v) is 18.7. The number of carboxylic acids is 6. The first-order chi connectivity index (χ1) is 13.8. The predicted molar refractivity (Wildman–Crippen MR) is 78.9 cm³/mol. The topological polar surface area (TPSA) is 241 Å². The number of aromatic carboxylic acids is 6. The van der Waals surface area contributed by atoms with Gasteiger partial charge in [-0.1, -0.05) is 0 Å². The molecule has 0 fully saturated rings. The van der Waals surface area contributed by atoms with E-state index in [2.05, 4.69) is 0 Å². The molecule has 0 spiro atoms. The van der Waals surface area contributed by atoms with Crippen LogP contribution in [0.5, 0.6) is 0 Å². The van der Waals surface area contributed by atoms with E-state index in [1.54, 1.807) is 0 Å². The van der Waals surface area contributed by atoms with E-state index in [-0.39, 0.29) is 51.2 Å². The molecule has 0 saturated carbocycles. The molecule has 174 valence electrons. The minimum absolute atomic E-state index is 0. The minimum Gasteiger partial charge on any atom is -0.545 e. The van der Waals surface area contributed by atoms with Crippen LogP contribution in [-0.2, 0) is 51.2 Å². The molecular weight excluding hydrogens is 576 g/mol. The van der Waals surface area contributed by atoms with E-state index in [1.165, 1.54) is 0 Å². The van der Waals surface area contributed by atoms with Crippen molar-refractivity contribution in [3.63, 3.8) is 0 Å². The Bertz CT molecular complexity index is 838. The van der Waals surface area contributed by atoms with Gasteiger partial charge in [0.05, 0.1) is 35.8 Å². The molecule has 0 bridgehead atoms. The molecule has 0 aliphatic rings. The van der Waals surface area contributed by atoms with Crippen molar-refractivity contribution < 1.29 is 111 Å². The van der Waals surface area contributed by atoms with Crippen LogP contribution < -0.4 is 30.6 Å². The molecule has 0 amide bonds. The van der Waals surface area contributed by atoms with Crippen molar-refractivity contribution in [3.05, 3.63) is 69.8 Å². The number of carbonyl (C=O) groups is 6. The van der Waals surface area contributed by atoms with Crippen molar-refractivity contribution in [1.82, 2.24) is 0 Å². The van der Waals surface area contributed by atoms with Crippen LogP contribution in [0.1, 0.15) is 62.1 Å². The molecule has 0 saturated heterocycles. The average Bonchev–Trinajstić information content (AvgIpc) is 2.67. The Balaban J connectivity index is -0.000000500. The molecule has 0 unspecified atom stereocenters. The quantitative estimate of drug-likeness (QED) is 0.289. The molecule has 33 heavy (non-hydrogen) atoms. The first-order valence-corrected chi connectivity index (χ1v) is 7.41. The van der Waals surface area contributed by atoms with Crippen LogP contribution in [0.25, 0.3) is 0 Å². The summed E-state index contributed by atoms with van der Waals surface area (Å²) in [6.45, 7) is 0. The van der Waals surface area contributed by atoms with E-state index in [4.69, 9.17) is 0 Å². The summed E-state index contributed by atoms with van der Waals surface area (Å²) in [5, 5.41) is 62.5. The van der Waals surface area contributed by atoms with E-state index < -0.39 is 69.2 Å². The SMILES string of the molecule is O=C([O-])c1cc(C(=O)[O-])cc(C(=O)[O-])c1.O=C([O-])c1cc(C(=O)[O-])cc(C(=O)[O-])c1.[Fe+2].[Fe+2].[Fe+2]. The van der Waals surface area contributed by atoms with Crippen LogP contribution in [0, 0.1) is 0 Å². The molecule has 15 heteroatoms. The zero-order valence-electron chi connectivity index (χ0n) is 15.4. The van der Waals surface area contributed by atoms with Gasteiger partial charge in [0.1, 0.15) is 0 Å². The van der Waals surface area contributed by atoms with E-state index in [0.717, 1.165) is 36.4 Å². The number of carboxylic acid groups (broad SMARTS) is 6. The summed E-state index contributed by atoms with van der Waals surface area (Å²) >= 11 is 0. The third-order valence-electron chi connectivity index (χ3n) is 3.28. The monoisotopic (exact) mass is 582 g/mol. The Kier molecular flexibility index (Phi) is 15.4. The molecule has 0 radical (unpaired) electrons. The molecule has 2 aromatic carbocycles. The van der Waals surface area contributed by atoms with Crippen LogP contribution in [0.4, 0.5) is 0 Å². The van der Waals surface area contributed by atoms with Gasteiger partial charge in [0, 0.05) is 0 Å². The summed E-state index contributed by atoms with van der Waals surface area (Å²) in [4.78, 5) is 62.5. The van der Waals surface area contributed by atoms with E-state index in [9.17, 15) is 59.4 Å². The number of rotatable bonds is 6. The molecule has 0 N–H and O–H groups in total. The molecule has 2 rings (SSSR count). The fraction of sp³-hybridized carbons (Fsp3) is 0. The van der Waals surface area contributed by atoms with Crippen LogP contribution >= 0.6 is 0 Å². The van der Waals surface area contributed by atoms with Gasteiger partial charge in [-0.15, -0.1) is 0 Å². The maximum atomic E-state index is 10.4. The molecule has 12 nitrogen and oxygen atoms in total. The van der Waals surface area contributed by atoms with Gasteiger partial charge in [-0.3, -0.25) is 0 Å². The largest absolute Gasteiger partial charge is 2.00 e. The smallest absolute Gasteiger partial charge is 0.545 e. The summed E-state index contributed by atoms with van der Waals surface area (Å²) in [6.07, 6.45) is 0. The fourth-order valence-corrected chi connectivity index (χ4v) is 1.96. The standard InChI is InChI=1S/2C9H6O6.3Fe/c2*10-7(11)4-1-5(8(12)13)3-6(2-4)9(14)15;;;/h2*1-3H,(H,10,11)(H,12,13)(H,14,15);;;/q;;3*+2/p-6. The number of benzene rings is 2. The second kappa shape index (κ2) is 14.8. The summed E-state index contributed by atoms with van der Waals surface area (Å²) in [5.74, 6) is -10.1. The molecule has 2 aromatic rings. The van der Waals surface area contributed by atoms with Crippen molar-refractivity contribution in [2.45, 2.75) is 0 Å². The van der Waals surface area contributed by atoms with Crippen molar-refractivity contribution in [3.8, 4) is 0 Å².